The number of carbonyl (C=O) groups excluding carboxylic acids is 2. The highest BCUT2D eigenvalue weighted by Crippen LogP contribution is 2.52. The van der Waals surface area contributed by atoms with Crippen molar-refractivity contribution < 1.29 is 27.1 Å². The van der Waals surface area contributed by atoms with Crippen LogP contribution in [0.3, 0.4) is 0 Å². The summed E-state index contributed by atoms with van der Waals surface area (Å²) in [5.41, 5.74) is 1.92. The Hall–Kier alpha value is -3.48. The molecule has 55 heavy (non-hydrogen) atoms. The number of alkyl carbamates (subject to hydrolysis) is 1. The number of nitrogens with one attached hydrogen (secondary N) is 1. The summed E-state index contributed by atoms with van der Waals surface area (Å²) in [7, 11) is -2.17. The normalized spacial score (nSPS) is 26.3. The number of amides is 2. The number of hydrogen-bond donors (Lipinski definition) is 1. The Morgan fingerprint density at radius 2 is 1.69 bits per heavy atom. The second-order valence-electron chi connectivity index (χ2n) is 17.3. The van der Waals surface area contributed by atoms with Crippen LogP contribution in [0.25, 0.3) is 0 Å². The SMILES string of the molecule is C=CC(=O)N1CCCC[C@@H](S(=O)(=O)c2ccc(N3CC(C)(CN4CCC(C(CN5CCC5)(c5cccc(F)c5)[C@H]5CCC[C@@H]5NC(=O)OC)CC4)C3)cc2)C1. The summed E-state index contributed by atoms with van der Waals surface area (Å²) in [6.07, 6.45) is 9.13. The van der Waals surface area contributed by atoms with Crippen LogP contribution in [0.4, 0.5) is 14.9 Å². The Morgan fingerprint density at radius 3 is 2.35 bits per heavy atom. The van der Waals surface area contributed by atoms with Crippen LogP contribution < -0.4 is 10.2 Å². The predicted octanol–water partition coefficient (Wildman–Crippen LogP) is 5.87. The van der Waals surface area contributed by atoms with Crippen LogP contribution in [0.1, 0.15) is 70.3 Å². The minimum atomic E-state index is -3.59. The number of anilines is 1. The quantitative estimate of drug-likeness (QED) is 0.267. The number of nitrogens with zero attached hydrogens (tertiary/aromatic N) is 4. The fraction of sp³-hybridized carbons (Fsp3) is 0.628. The summed E-state index contributed by atoms with van der Waals surface area (Å²) in [6.45, 7) is 14.4. The highest BCUT2D eigenvalue weighted by Gasteiger charge is 2.53. The molecule has 5 aliphatic rings. The average molecular weight is 778 g/mol. The third kappa shape index (κ3) is 8.33. The molecule has 0 radical (unpaired) electrons. The van der Waals surface area contributed by atoms with Crippen molar-refractivity contribution in [3.8, 4) is 0 Å². The van der Waals surface area contributed by atoms with E-state index in [0.29, 0.717) is 23.8 Å². The third-order valence-corrected chi connectivity index (χ3v) is 15.8. The first-order chi connectivity index (χ1) is 26.4. The zero-order chi connectivity index (χ0) is 38.8. The lowest BCUT2D eigenvalue weighted by Crippen LogP contribution is -2.62. The Balaban J connectivity index is 1.00. The van der Waals surface area contributed by atoms with Gasteiger partial charge in [0, 0.05) is 61.8 Å². The van der Waals surface area contributed by atoms with Gasteiger partial charge in [-0.1, -0.05) is 38.5 Å². The molecule has 12 heteroatoms. The van der Waals surface area contributed by atoms with Gasteiger partial charge in [0.25, 0.3) is 0 Å². The standard InChI is InChI=1S/C43H60FN5O5S/c1-4-40(50)48-23-6-5-12-37(27-48)55(52,53)36-17-15-35(16-18-36)49-29-42(2,30-49)28-47-24-19-32(20-25-47)43(31-46-21-9-22-46,33-10-7-11-34(44)26-33)38-13-8-14-39(38)45-41(51)54-3/h4,7,10-11,15-18,26,32,37-39H,1,5-6,8-9,12-14,19-25,27-31H2,2-3H3,(H,45,51)/t37-,38+,39+,43?/m1/s1. The summed E-state index contributed by atoms with van der Waals surface area (Å²) in [6, 6.07) is 14.6. The molecule has 1 N–H and O–H groups in total. The van der Waals surface area contributed by atoms with Crippen molar-refractivity contribution in [1.82, 2.24) is 20.0 Å². The molecular formula is C43H60FN5O5S. The van der Waals surface area contributed by atoms with Gasteiger partial charge in [-0.25, -0.2) is 17.6 Å². The van der Waals surface area contributed by atoms with E-state index in [1.165, 1.54) is 19.6 Å². The molecule has 4 aliphatic heterocycles. The molecule has 2 amide bonds. The number of halogens is 1. The van der Waals surface area contributed by atoms with Gasteiger partial charge < -0.3 is 29.7 Å². The van der Waals surface area contributed by atoms with Crippen molar-refractivity contribution in [1.29, 1.82) is 0 Å². The van der Waals surface area contributed by atoms with Crippen LogP contribution >= 0.6 is 0 Å². The number of carbonyl (C=O) groups is 2. The minimum absolute atomic E-state index is 0.0146. The maximum atomic E-state index is 15.0. The predicted molar refractivity (Wildman–Crippen MR) is 213 cm³/mol. The lowest BCUT2D eigenvalue weighted by Gasteiger charge is -2.55. The summed E-state index contributed by atoms with van der Waals surface area (Å²) < 4.78 is 47.4. The van der Waals surface area contributed by atoms with Gasteiger partial charge in [-0.15, -0.1) is 0 Å². The van der Waals surface area contributed by atoms with Gasteiger partial charge in [-0.2, -0.15) is 0 Å². The Kier molecular flexibility index (Phi) is 12.0. The van der Waals surface area contributed by atoms with Gasteiger partial charge in [0.1, 0.15) is 5.82 Å². The molecule has 5 fully saturated rings. The first kappa shape index (κ1) is 39.7. The maximum Gasteiger partial charge on any atom is 0.407 e. The van der Waals surface area contributed by atoms with Crippen molar-refractivity contribution in [3.63, 3.8) is 0 Å². The molecule has 1 saturated carbocycles. The monoisotopic (exact) mass is 777 g/mol. The van der Waals surface area contributed by atoms with Crippen molar-refractivity contribution in [3.05, 3.63) is 72.6 Å². The third-order valence-electron chi connectivity index (χ3n) is 13.6. The summed E-state index contributed by atoms with van der Waals surface area (Å²) in [5.74, 6) is 0.118. The lowest BCUT2D eigenvalue weighted by molar-refractivity contribution is -0.125. The van der Waals surface area contributed by atoms with E-state index in [-0.39, 0.29) is 41.1 Å². The average Bonchev–Trinajstić information content (AvgIpc) is 3.46. The molecular weight excluding hydrogens is 718 g/mol. The first-order valence-electron chi connectivity index (χ1n) is 20.5. The second kappa shape index (κ2) is 16.5. The molecule has 4 saturated heterocycles. The fourth-order valence-electron chi connectivity index (χ4n) is 10.8. The van der Waals surface area contributed by atoms with Crippen LogP contribution in [-0.2, 0) is 24.8 Å². The maximum absolute atomic E-state index is 15.0. The van der Waals surface area contributed by atoms with Gasteiger partial charge in [-0.3, -0.25) is 4.79 Å². The van der Waals surface area contributed by atoms with E-state index in [2.05, 4.69) is 39.6 Å². The van der Waals surface area contributed by atoms with Gasteiger partial charge >= 0.3 is 6.09 Å². The van der Waals surface area contributed by atoms with Crippen LogP contribution in [0.15, 0.2) is 66.1 Å². The number of benzene rings is 2. The summed E-state index contributed by atoms with van der Waals surface area (Å²) in [4.78, 5) is 34.2. The molecule has 7 rings (SSSR count). The molecule has 2 aromatic carbocycles. The van der Waals surface area contributed by atoms with Gasteiger partial charge in [-0.05, 0) is 131 Å². The van der Waals surface area contributed by atoms with E-state index >= 15 is 4.39 Å². The van der Waals surface area contributed by atoms with Crippen molar-refractivity contribution >= 4 is 27.5 Å². The molecule has 1 aliphatic carbocycles. The van der Waals surface area contributed by atoms with Crippen molar-refractivity contribution in [2.75, 3.05) is 77.5 Å². The first-order valence-corrected chi connectivity index (χ1v) is 22.0. The highest BCUT2D eigenvalue weighted by molar-refractivity contribution is 7.92. The molecule has 2 aromatic rings. The van der Waals surface area contributed by atoms with E-state index in [1.54, 1.807) is 29.2 Å². The van der Waals surface area contributed by atoms with Crippen LogP contribution in [-0.4, -0.2) is 119 Å². The smallest absolute Gasteiger partial charge is 0.407 e. The Morgan fingerprint density at radius 1 is 0.945 bits per heavy atom. The molecule has 1 unspecified atom stereocenters. The van der Waals surface area contributed by atoms with E-state index in [4.69, 9.17) is 4.74 Å². The largest absolute Gasteiger partial charge is 0.453 e. The molecule has 0 spiro atoms. The molecule has 0 aromatic heterocycles. The van der Waals surface area contributed by atoms with Crippen molar-refractivity contribution in [2.24, 2.45) is 17.3 Å². The molecule has 300 valence electrons. The van der Waals surface area contributed by atoms with E-state index in [9.17, 15) is 18.0 Å². The number of ether oxygens (including phenoxy) is 1. The molecule has 4 atom stereocenters. The van der Waals surface area contributed by atoms with Crippen molar-refractivity contribution in [2.45, 2.75) is 86.3 Å². The van der Waals surface area contributed by atoms with E-state index in [0.717, 1.165) is 109 Å². The lowest BCUT2D eigenvalue weighted by atomic mass is 9.57. The van der Waals surface area contributed by atoms with E-state index in [1.807, 2.05) is 18.2 Å². The minimum Gasteiger partial charge on any atom is -0.453 e. The van der Waals surface area contributed by atoms with E-state index < -0.39 is 21.2 Å². The molecule has 4 heterocycles. The topological polar surface area (TPSA) is 103 Å². The summed E-state index contributed by atoms with van der Waals surface area (Å²) >= 11 is 0. The number of piperidine rings is 1. The van der Waals surface area contributed by atoms with Gasteiger partial charge in [0.05, 0.1) is 17.3 Å². The molecule has 10 nitrogen and oxygen atoms in total. The molecule has 0 bridgehead atoms. The van der Waals surface area contributed by atoms with Gasteiger partial charge in [0.15, 0.2) is 9.84 Å². The zero-order valence-electron chi connectivity index (χ0n) is 32.8. The highest BCUT2D eigenvalue weighted by atomic mass is 32.2. The van der Waals surface area contributed by atoms with Crippen LogP contribution in [0.2, 0.25) is 0 Å². The zero-order valence-corrected chi connectivity index (χ0v) is 33.6. The number of methoxy groups -OCH3 is 1. The second-order valence-corrected chi connectivity index (χ2v) is 19.6. The Bertz CT molecular complexity index is 1790. The fourth-order valence-corrected chi connectivity index (χ4v) is 12.5. The van der Waals surface area contributed by atoms with Gasteiger partial charge in [0.2, 0.25) is 5.91 Å². The summed E-state index contributed by atoms with van der Waals surface area (Å²) in [5, 5.41) is 2.57. The Labute approximate surface area is 327 Å². The number of hydrogen-bond acceptors (Lipinski definition) is 8. The van der Waals surface area contributed by atoms with Crippen LogP contribution in [0, 0.1) is 23.1 Å². The van der Waals surface area contributed by atoms with Crippen LogP contribution in [0.5, 0.6) is 0 Å². The number of likely N-dealkylation sites (tertiary alicyclic amines) is 3. The number of rotatable bonds is 12. The number of sulfone groups is 1.